The maximum atomic E-state index is 12.6. The average Bonchev–Trinajstić information content (AvgIpc) is 3.23. The number of likely N-dealkylation sites (tertiary alicyclic amines) is 1. The Balaban J connectivity index is 1.47. The molecule has 0 aliphatic carbocycles. The van der Waals surface area contributed by atoms with E-state index in [0.717, 1.165) is 56.4 Å². The SMILES string of the molecule is CCCCCCNC(=O)C1CCCN(C(=O)/C=C/c2ccc(N3CCCC3=O)cc2)C1. The van der Waals surface area contributed by atoms with Gasteiger partial charge in [-0.3, -0.25) is 14.4 Å². The summed E-state index contributed by atoms with van der Waals surface area (Å²) in [5.41, 5.74) is 1.83. The van der Waals surface area contributed by atoms with Crippen molar-refractivity contribution in [2.45, 2.75) is 58.3 Å². The second-order valence-electron chi connectivity index (χ2n) is 8.55. The molecule has 2 fully saturated rings. The second kappa shape index (κ2) is 11.7. The van der Waals surface area contributed by atoms with E-state index in [9.17, 15) is 14.4 Å². The van der Waals surface area contributed by atoms with Crippen LogP contribution in [0.25, 0.3) is 6.08 Å². The van der Waals surface area contributed by atoms with Gasteiger partial charge in [0.25, 0.3) is 0 Å². The summed E-state index contributed by atoms with van der Waals surface area (Å²) < 4.78 is 0. The molecule has 31 heavy (non-hydrogen) atoms. The Bertz CT molecular complexity index is 788. The van der Waals surface area contributed by atoms with Crippen molar-refractivity contribution in [3.8, 4) is 0 Å². The van der Waals surface area contributed by atoms with Gasteiger partial charge in [0.15, 0.2) is 0 Å². The summed E-state index contributed by atoms with van der Waals surface area (Å²) in [7, 11) is 0. The number of hydrogen-bond donors (Lipinski definition) is 1. The molecular formula is C25H35N3O3. The predicted molar refractivity (Wildman–Crippen MR) is 124 cm³/mol. The molecule has 1 N–H and O–H groups in total. The fourth-order valence-electron chi connectivity index (χ4n) is 4.26. The zero-order valence-electron chi connectivity index (χ0n) is 18.6. The van der Waals surface area contributed by atoms with Crippen LogP contribution in [0.15, 0.2) is 30.3 Å². The maximum absolute atomic E-state index is 12.6. The number of benzene rings is 1. The Hall–Kier alpha value is -2.63. The van der Waals surface area contributed by atoms with Gasteiger partial charge in [-0.15, -0.1) is 0 Å². The first kappa shape index (κ1) is 23.0. The number of hydrogen-bond acceptors (Lipinski definition) is 3. The monoisotopic (exact) mass is 425 g/mol. The highest BCUT2D eigenvalue weighted by atomic mass is 16.2. The van der Waals surface area contributed by atoms with E-state index in [1.165, 1.54) is 12.8 Å². The molecule has 0 spiro atoms. The molecule has 1 atom stereocenters. The molecule has 1 unspecified atom stereocenters. The fourth-order valence-corrected chi connectivity index (χ4v) is 4.26. The highest BCUT2D eigenvalue weighted by Gasteiger charge is 2.27. The molecular weight excluding hydrogens is 390 g/mol. The predicted octanol–water partition coefficient (Wildman–Crippen LogP) is 3.76. The Labute approximate surface area is 185 Å². The van der Waals surface area contributed by atoms with Gasteiger partial charge in [-0.05, 0) is 49.5 Å². The molecule has 1 aromatic rings. The van der Waals surface area contributed by atoms with Gasteiger partial charge in [0.1, 0.15) is 0 Å². The van der Waals surface area contributed by atoms with E-state index in [0.29, 0.717) is 19.5 Å². The molecule has 0 saturated carbocycles. The molecule has 0 radical (unpaired) electrons. The minimum absolute atomic E-state index is 0.0563. The summed E-state index contributed by atoms with van der Waals surface area (Å²) in [6.45, 7) is 4.85. The normalized spacial score (nSPS) is 19.3. The third-order valence-corrected chi connectivity index (χ3v) is 6.13. The van der Waals surface area contributed by atoms with Crippen molar-refractivity contribution in [3.63, 3.8) is 0 Å². The molecule has 168 valence electrons. The maximum Gasteiger partial charge on any atom is 0.246 e. The van der Waals surface area contributed by atoms with Gasteiger partial charge < -0.3 is 15.1 Å². The number of amides is 3. The number of nitrogens with zero attached hydrogens (tertiary/aromatic N) is 2. The van der Waals surface area contributed by atoms with Crippen molar-refractivity contribution in [1.29, 1.82) is 0 Å². The van der Waals surface area contributed by atoms with Gasteiger partial charge >= 0.3 is 0 Å². The molecule has 0 bridgehead atoms. The van der Waals surface area contributed by atoms with Crippen molar-refractivity contribution in [2.24, 2.45) is 5.92 Å². The lowest BCUT2D eigenvalue weighted by Gasteiger charge is -2.31. The standard InChI is InChI=1S/C25H35N3O3/c1-2-3-4-5-16-26-25(31)21-8-6-17-27(19-21)23(29)15-12-20-10-13-22(14-11-20)28-18-7-9-24(28)30/h10-15,21H,2-9,16-19H2,1H3,(H,26,31)/b15-12+. The summed E-state index contributed by atoms with van der Waals surface area (Å²) in [6.07, 6.45) is 11.1. The number of rotatable bonds is 9. The molecule has 2 saturated heterocycles. The van der Waals surface area contributed by atoms with Crippen LogP contribution in [0.2, 0.25) is 0 Å². The first-order chi connectivity index (χ1) is 15.1. The van der Waals surface area contributed by atoms with Gasteiger partial charge in [-0.2, -0.15) is 0 Å². The zero-order valence-corrected chi connectivity index (χ0v) is 18.6. The molecule has 2 heterocycles. The number of anilines is 1. The van der Waals surface area contributed by atoms with Crippen LogP contribution in [-0.2, 0) is 14.4 Å². The van der Waals surface area contributed by atoms with Crippen LogP contribution < -0.4 is 10.2 Å². The van der Waals surface area contributed by atoms with E-state index in [2.05, 4.69) is 12.2 Å². The van der Waals surface area contributed by atoms with Crippen molar-refractivity contribution in [3.05, 3.63) is 35.9 Å². The summed E-state index contributed by atoms with van der Waals surface area (Å²) in [6, 6.07) is 7.70. The number of piperidine rings is 1. The van der Waals surface area contributed by atoms with Crippen molar-refractivity contribution < 1.29 is 14.4 Å². The number of nitrogens with one attached hydrogen (secondary N) is 1. The first-order valence-corrected chi connectivity index (χ1v) is 11.7. The molecule has 2 aliphatic rings. The van der Waals surface area contributed by atoms with Gasteiger partial charge in [0, 0.05) is 44.4 Å². The Morgan fingerprint density at radius 2 is 1.90 bits per heavy atom. The Morgan fingerprint density at radius 1 is 1.10 bits per heavy atom. The highest BCUT2D eigenvalue weighted by molar-refractivity contribution is 5.95. The quantitative estimate of drug-likeness (QED) is 0.484. The minimum atomic E-state index is -0.116. The zero-order chi connectivity index (χ0) is 22.1. The van der Waals surface area contributed by atoms with Crippen LogP contribution in [0, 0.1) is 5.92 Å². The Kier molecular flexibility index (Phi) is 8.68. The van der Waals surface area contributed by atoms with Crippen LogP contribution in [-0.4, -0.2) is 48.8 Å². The largest absolute Gasteiger partial charge is 0.356 e. The van der Waals surface area contributed by atoms with Gasteiger partial charge in [0.05, 0.1) is 5.92 Å². The lowest BCUT2D eigenvalue weighted by atomic mass is 9.97. The summed E-state index contributed by atoms with van der Waals surface area (Å²) in [5, 5.41) is 3.04. The fraction of sp³-hybridized carbons (Fsp3) is 0.560. The van der Waals surface area contributed by atoms with Gasteiger partial charge in [0.2, 0.25) is 17.7 Å². The molecule has 6 nitrogen and oxygen atoms in total. The smallest absolute Gasteiger partial charge is 0.246 e. The third kappa shape index (κ3) is 6.68. The average molecular weight is 426 g/mol. The number of carbonyl (C=O) groups is 3. The summed E-state index contributed by atoms with van der Waals surface area (Å²) in [4.78, 5) is 40.5. The van der Waals surface area contributed by atoms with E-state index in [-0.39, 0.29) is 23.6 Å². The minimum Gasteiger partial charge on any atom is -0.356 e. The van der Waals surface area contributed by atoms with E-state index >= 15 is 0 Å². The molecule has 2 aliphatic heterocycles. The van der Waals surface area contributed by atoms with E-state index < -0.39 is 0 Å². The van der Waals surface area contributed by atoms with E-state index in [1.54, 1.807) is 22.0 Å². The van der Waals surface area contributed by atoms with Gasteiger partial charge in [-0.25, -0.2) is 0 Å². The van der Waals surface area contributed by atoms with Crippen LogP contribution in [0.4, 0.5) is 5.69 Å². The molecule has 3 amide bonds. The van der Waals surface area contributed by atoms with Gasteiger partial charge in [-0.1, -0.05) is 38.3 Å². The van der Waals surface area contributed by atoms with Crippen molar-refractivity contribution in [1.82, 2.24) is 10.2 Å². The van der Waals surface area contributed by atoms with Crippen molar-refractivity contribution in [2.75, 3.05) is 31.1 Å². The van der Waals surface area contributed by atoms with Crippen LogP contribution in [0.1, 0.15) is 63.9 Å². The third-order valence-electron chi connectivity index (χ3n) is 6.13. The summed E-state index contributed by atoms with van der Waals surface area (Å²) in [5.74, 6) is 0.0712. The first-order valence-electron chi connectivity index (χ1n) is 11.7. The topological polar surface area (TPSA) is 69.7 Å². The van der Waals surface area contributed by atoms with E-state index in [1.807, 2.05) is 24.3 Å². The lowest BCUT2D eigenvalue weighted by molar-refractivity contribution is -0.132. The van der Waals surface area contributed by atoms with Crippen molar-refractivity contribution >= 4 is 29.5 Å². The molecule has 0 aromatic heterocycles. The number of unbranched alkanes of at least 4 members (excludes halogenated alkanes) is 3. The number of carbonyl (C=O) groups excluding carboxylic acids is 3. The highest BCUT2D eigenvalue weighted by Crippen LogP contribution is 2.22. The Morgan fingerprint density at radius 3 is 2.61 bits per heavy atom. The second-order valence-corrected chi connectivity index (χ2v) is 8.55. The molecule has 3 rings (SSSR count). The van der Waals surface area contributed by atoms with Crippen LogP contribution in [0.3, 0.4) is 0 Å². The molecule has 6 heteroatoms. The van der Waals surface area contributed by atoms with Crippen LogP contribution in [0.5, 0.6) is 0 Å². The van der Waals surface area contributed by atoms with E-state index in [4.69, 9.17) is 0 Å². The lowest BCUT2D eigenvalue weighted by Crippen LogP contribution is -2.45. The molecule has 1 aromatic carbocycles. The summed E-state index contributed by atoms with van der Waals surface area (Å²) >= 11 is 0. The van der Waals surface area contributed by atoms with Crippen LogP contribution >= 0.6 is 0 Å².